The molecule has 0 aromatic heterocycles. The molecule has 0 spiro atoms. The highest BCUT2D eigenvalue weighted by molar-refractivity contribution is 14.0. The van der Waals surface area contributed by atoms with Crippen molar-refractivity contribution in [3.63, 3.8) is 0 Å². The van der Waals surface area contributed by atoms with Crippen molar-refractivity contribution in [2.45, 2.75) is 31.9 Å². The van der Waals surface area contributed by atoms with Gasteiger partial charge in [-0.15, -0.1) is 24.0 Å². The SMILES string of the molecule is CN=C(NCCN(C)CC(F)(F)F)N1CCC(CN2CCCCC2)C1.I. The van der Waals surface area contributed by atoms with Crippen LogP contribution < -0.4 is 5.32 Å². The average Bonchev–Trinajstić information content (AvgIpc) is 2.99. The predicted octanol–water partition coefficient (Wildman–Crippen LogP) is 2.48. The van der Waals surface area contributed by atoms with Crippen molar-refractivity contribution in [1.29, 1.82) is 0 Å². The highest BCUT2D eigenvalue weighted by atomic mass is 127. The molecule has 0 bridgehead atoms. The van der Waals surface area contributed by atoms with Crippen LogP contribution in [0, 0.1) is 5.92 Å². The normalized spacial score (nSPS) is 22.6. The Hall–Kier alpha value is -0.290. The Labute approximate surface area is 172 Å². The van der Waals surface area contributed by atoms with E-state index in [0.29, 0.717) is 19.0 Å². The number of likely N-dealkylation sites (tertiary alicyclic amines) is 2. The smallest absolute Gasteiger partial charge is 0.355 e. The lowest BCUT2D eigenvalue weighted by atomic mass is 10.1. The topological polar surface area (TPSA) is 34.1 Å². The number of aliphatic imine (C=N–C) groups is 1. The summed E-state index contributed by atoms with van der Waals surface area (Å²) < 4.78 is 37.0. The molecule has 2 heterocycles. The minimum Gasteiger partial charge on any atom is -0.355 e. The van der Waals surface area contributed by atoms with E-state index in [1.165, 1.54) is 44.3 Å². The second-order valence-electron chi connectivity index (χ2n) is 7.29. The van der Waals surface area contributed by atoms with Gasteiger partial charge in [-0.05, 0) is 45.3 Å². The Morgan fingerprint density at radius 2 is 1.88 bits per heavy atom. The number of rotatable bonds is 6. The van der Waals surface area contributed by atoms with Crippen LogP contribution in [-0.4, -0.2) is 93.3 Å². The first-order valence-electron chi connectivity index (χ1n) is 9.30. The fraction of sp³-hybridized carbons (Fsp3) is 0.941. The van der Waals surface area contributed by atoms with Gasteiger partial charge in [-0.1, -0.05) is 6.42 Å². The molecule has 1 unspecified atom stereocenters. The van der Waals surface area contributed by atoms with Crippen LogP contribution in [0.5, 0.6) is 0 Å². The van der Waals surface area contributed by atoms with E-state index in [2.05, 4.69) is 20.1 Å². The first kappa shape index (κ1) is 23.7. The lowest BCUT2D eigenvalue weighted by Crippen LogP contribution is -2.44. The van der Waals surface area contributed by atoms with Gasteiger partial charge in [0, 0.05) is 39.8 Å². The maximum Gasteiger partial charge on any atom is 0.401 e. The van der Waals surface area contributed by atoms with Gasteiger partial charge >= 0.3 is 6.18 Å². The van der Waals surface area contributed by atoms with Crippen molar-refractivity contribution in [2.75, 3.05) is 66.5 Å². The minimum absolute atomic E-state index is 0. The number of halogens is 4. The second kappa shape index (κ2) is 11.5. The zero-order chi connectivity index (χ0) is 18.3. The molecule has 0 saturated carbocycles. The number of hydrogen-bond donors (Lipinski definition) is 1. The molecule has 1 atom stereocenters. The van der Waals surface area contributed by atoms with Crippen LogP contribution in [0.3, 0.4) is 0 Å². The monoisotopic (exact) mass is 491 g/mol. The van der Waals surface area contributed by atoms with Gasteiger partial charge in [0.25, 0.3) is 0 Å². The third kappa shape index (κ3) is 8.60. The third-order valence-corrected chi connectivity index (χ3v) is 4.99. The molecule has 2 aliphatic rings. The highest BCUT2D eigenvalue weighted by Crippen LogP contribution is 2.20. The first-order valence-corrected chi connectivity index (χ1v) is 9.30. The van der Waals surface area contributed by atoms with Crippen molar-refractivity contribution in [3.05, 3.63) is 0 Å². The molecule has 5 nitrogen and oxygen atoms in total. The van der Waals surface area contributed by atoms with Crippen molar-refractivity contribution < 1.29 is 13.2 Å². The molecule has 0 aliphatic carbocycles. The van der Waals surface area contributed by atoms with Gasteiger partial charge in [0.15, 0.2) is 5.96 Å². The summed E-state index contributed by atoms with van der Waals surface area (Å²) in [6, 6.07) is 0. The molecule has 9 heteroatoms. The standard InChI is InChI=1S/C17H32F3N5.HI/c1-21-16(22-7-11-23(2)14-17(18,19)20)25-10-6-15(13-25)12-24-8-4-3-5-9-24;/h15H,3-14H2,1-2H3,(H,21,22);1H. The van der Waals surface area contributed by atoms with Crippen molar-refractivity contribution in [3.8, 4) is 0 Å². The Morgan fingerprint density at radius 3 is 2.50 bits per heavy atom. The van der Waals surface area contributed by atoms with E-state index in [4.69, 9.17) is 0 Å². The molecule has 0 amide bonds. The van der Waals surface area contributed by atoms with Crippen molar-refractivity contribution in [2.24, 2.45) is 10.9 Å². The predicted molar refractivity (Wildman–Crippen MR) is 110 cm³/mol. The highest BCUT2D eigenvalue weighted by Gasteiger charge is 2.29. The minimum atomic E-state index is -4.15. The first-order chi connectivity index (χ1) is 11.9. The summed E-state index contributed by atoms with van der Waals surface area (Å²) in [6.45, 7) is 5.46. The van der Waals surface area contributed by atoms with Crippen LogP contribution in [0.15, 0.2) is 4.99 Å². The van der Waals surface area contributed by atoms with Gasteiger partial charge in [0.2, 0.25) is 0 Å². The van der Waals surface area contributed by atoms with Crippen LogP contribution in [0.2, 0.25) is 0 Å². The van der Waals surface area contributed by atoms with Crippen LogP contribution in [-0.2, 0) is 0 Å². The molecule has 2 aliphatic heterocycles. The van der Waals surface area contributed by atoms with Gasteiger partial charge in [0.1, 0.15) is 0 Å². The molecule has 2 rings (SSSR count). The van der Waals surface area contributed by atoms with E-state index in [9.17, 15) is 13.2 Å². The number of likely N-dealkylation sites (N-methyl/N-ethyl adjacent to an activating group) is 1. The van der Waals surface area contributed by atoms with E-state index in [-0.39, 0.29) is 24.0 Å². The van der Waals surface area contributed by atoms with Crippen LogP contribution in [0.1, 0.15) is 25.7 Å². The number of hydrogen-bond acceptors (Lipinski definition) is 3. The number of guanidine groups is 1. The van der Waals surface area contributed by atoms with E-state index >= 15 is 0 Å². The lowest BCUT2D eigenvalue weighted by molar-refractivity contribution is -0.142. The van der Waals surface area contributed by atoms with Crippen LogP contribution in [0.4, 0.5) is 13.2 Å². The van der Waals surface area contributed by atoms with E-state index in [0.717, 1.165) is 32.0 Å². The molecule has 0 aromatic carbocycles. The van der Waals surface area contributed by atoms with E-state index < -0.39 is 12.7 Å². The quantitative estimate of drug-likeness (QED) is 0.352. The van der Waals surface area contributed by atoms with Gasteiger partial charge in [-0.2, -0.15) is 13.2 Å². The lowest BCUT2D eigenvalue weighted by Gasteiger charge is -2.29. The van der Waals surface area contributed by atoms with Crippen molar-refractivity contribution in [1.82, 2.24) is 20.0 Å². The summed E-state index contributed by atoms with van der Waals surface area (Å²) in [7, 11) is 3.22. The fourth-order valence-corrected chi connectivity index (χ4v) is 3.76. The molecular formula is C17H33F3IN5. The summed E-state index contributed by atoms with van der Waals surface area (Å²) in [5, 5.41) is 3.21. The zero-order valence-electron chi connectivity index (χ0n) is 15.9. The maximum atomic E-state index is 12.3. The summed E-state index contributed by atoms with van der Waals surface area (Å²) >= 11 is 0. The van der Waals surface area contributed by atoms with Gasteiger partial charge in [0.05, 0.1) is 6.54 Å². The molecule has 2 fully saturated rings. The fourth-order valence-electron chi connectivity index (χ4n) is 3.76. The van der Waals surface area contributed by atoms with Gasteiger partial charge < -0.3 is 15.1 Å². The van der Waals surface area contributed by atoms with E-state index in [1.807, 2.05) is 0 Å². The Bertz CT molecular complexity index is 427. The number of nitrogens with one attached hydrogen (secondary N) is 1. The Morgan fingerprint density at radius 1 is 1.19 bits per heavy atom. The molecule has 0 aromatic rings. The molecular weight excluding hydrogens is 458 g/mol. The average molecular weight is 491 g/mol. The summed E-state index contributed by atoms with van der Waals surface area (Å²) in [5.41, 5.74) is 0. The molecule has 154 valence electrons. The summed E-state index contributed by atoms with van der Waals surface area (Å²) in [4.78, 5) is 10.4. The van der Waals surface area contributed by atoms with Crippen LogP contribution >= 0.6 is 24.0 Å². The number of nitrogens with zero attached hydrogens (tertiary/aromatic N) is 4. The second-order valence-corrected chi connectivity index (χ2v) is 7.29. The molecule has 26 heavy (non-hydrogen) atoms. The number of alkyl halides is 3. The van der Waals surface area contributed by atoms with Crippen molar-refractivity contribution >= 4 is 29.9 Å². The van der Waals surface area contributed by atoms with E-state index in [1.54, 1.807) is 7.05 Å². The number of piperidine rings is 1. The third-order valence-electron chi connectivity index (χ3n) is 4.99. The zero-order valence-corrected chi connectivity index (χ0v) is 18.2. The van der Waals surface area contributed by atoms with Gasteiger partial charge in [-0.3, -0.25) is 9.89 Å². The summed E-state index contributed by atoms with van der Waals surface area (Å²) in [6.07, 6.45) is 0.987. The molecule has 0 radical (unpaired) electrons. The maximum absolute atomic E-state index is 12.3. The largest absolute Gasteiger partial charge is 0.401 e. The van der Waals surface area contributed by atoms with Crippen LogP contribution in [0.25, 0.3) is 0 Å². The Kier molecular flexibility index (Phi) is 10.5. The van der Waals surface area contributed by atoms with Gasteiger partial charge in [-0.25, -0.2) is 0 Å². The molecule has 1 N–H and O–H groups in total. The molecule has 2 saturated heterocycles. The summed E-state index contributed by atoms with van der Waals surface area (Å²) in [5.74, 6) is 1.46. The Balaban J connectivity index is 0.00000338.